The van der Waals surface area contributed by atoms with Crippen LogP contribution >= 0.6 is 50.5 Å². The van der Waals surface area contributed by atoms with Gasteiger partial charge in [0.25, 0.3) is 0 Å². The Morgan fingerprint density at radius 2 is 2.04 bits per heavy atom. The third-order valence-electron chi connectivity index (χ3n) is 3.28. The summed E-state index contributed by atoms with van der Waals surface area (Å²) < 4.78 is 0.959. The zero-order chi connectivity index (χ0) is 17.8. The predicted octanol–water partition coefficient (Wildman–Crippen LogP) is 6.86. The summed E-state index contributed by atoms with van der Waals surface area (Å²) >= 11 is 16.8. The van der Waals surface area contributed by atoms with Gasteiger partial charge in [0, 0.05) is 27.3 Å². The summed E-state index contributed by atoms with van der Waals surface area (Å²) in [5.41, 5.74) is 2.94. The second kappa shape index (κ2) is 8.03. The number of benzene rings is 2. The van der Waals surface area contributed by atoms with E-state index >= 15 is 0 Å². The average molecular weight is 451 g/mol. The molecule has 0 saturated heterocycles. The van der Waals surface area contributed by atoms with Crippen molar-refractivity contribution in [3.63, 3.8) is 0 Å². The summed E-state index contributed by atoms with van der Waals surface area (Å²) in [6, 6.07) is 15.2. The molecule has 2 aromatic carbocycles. The van der Waals surface area contributed by atoms with Crippen LogP contribution in [0.2, 0.25) is 10.0 Å². The average Bonchev–Trinajstić information content (AvgIpc) is 3.08. The van der Waals surface area contributed by atoms with Crippen LogP contribution < -0.4 is 5.32 Å². The lowest BCUT2D eigenvalue weighted by molar-refractivity contribution is 1.36. The maximum absolute atomic E-state index is 9.43. The molecule has 1 N–H and O–H groups in total. The maximum Gasteiger partial charge on any atom is 0.136 e. The van der Waals surface area contributed by atoms with Crippen molar-refractivity contribution in [3.05, 3.63) is 73.6 Å². The van der Waals surface area contributed by atoms with Gasteiger partial charge in [-0.25, -0.2) is 4.98 Å². The largest absolute Gasteiger partial charge is 0.360 e. The first kappa shape index (κ1) is 18.0. The normalized spacial score (nSPS) is 11.2. The minimum absolute atomic E-state index is 0.455. The summed E-state index contributed by atoms with van der Waals surface area (Å²) in [4.78, 5) is 4.53. The minimum atomic E-state index is 0.455. The number of nitrogens with one attached hydrogen (secondary N) is 1. The number of hydrogen-bond donors (Lipinski definition) is 1. The number of rotatable bonds is 4. The van der Waals surface area contributed by atoms with Gasteiger partial charge in [-0.3, -0.25) is 0 Å². The van der Waals surface area contributed by atoms with E-state index in [1.807, 2.05) is 35.7 Å². The van der Waals surface area contributed by atoms with E-state index in [0.717, 1.165) is 21.4 Å². The fourth-order valence-corrected chi connectivity index (χ4v) is 3.55. The Morgan fingerprint density at radius 3 is 2.76 bits per heavy atom. The number of anilines is 1. The molecular formula is C18H10BrCl2N3S. The number of nitrogens with zero attached hydrogens (tertiary/aromatic N) is 2. The third kappa shape index (κ3) is 4.42. The molecule has 0 radical (unpaired) electrons. The van der Waals surface area contributed by atoms with Crippen LogP contribution in [0.25, 0.3) is 16.8 Å². The van der Waals surface area contributed by atoms with Gasteiger partial charge in [0.15, 0.2) is 0 Å². The molecule has 3 rings (SSSR count). The molecule has 3 aromatic rings. The van der Waals surface area contributed by atoms with E-state index in [-0.39, 0.29) is 0 Å². The van der Waals surface area contributed by atoms with Crippen molar-refractivity contribution in [2.45, 2.75) is 0 Å². The first-order valence-electron chi connectivity index (χ1n) is 7.10. The maximum atomic E-state index is 9.43. The van der Waals surface area contributed by atoms with Crippen LogP contribution in [-0.2, 0) is 0 Å². The Labute approximate surface area is 167 Å². The fourth-order valence-electron chi connectivity index (χ4n) is 2.06. The number of nitriles is 1. The van der Waals surface area contributed by atoms with Gasteiger partial charge in [-0.05, 0) is 30.3 Å². The Kier molecular flexibility index (Phi) is 5.77. The molecule has 0 aliphatic rings. The molecular weight excluding hydrogens is 441 g/mol. The van der Waals surface area contributed by atoms with E-state index in [9.17, 15) is 5.26 Å². The molecule has 3 nitrogen and oxygen atoms in total. The second-order valence-electron chi connectivity index (χ2n) is 4.99. The van der Waals surface area contributed by atoms with E-state index in [1.54, 1.807) is 18.3 Å². The number of hydrogen-bond acceptors (Lipinski definition) is 4. The van der Waals surface area contributed by atoms with Crippen LogP contribution in [0.4, 0.5) is 5.69 Å². The molecule has 0 unspecified atom stereocenters. The highest BCUT2D eigenvalue weighted by Gasteiger charge is 2.10. The van der Waals surface area contributed by atoms with Crippen LogP contribution in [0.15, 0.2) is 58.5 Å². The third-order valence-corrected chi connectivity index (χ3v) is 5.39. The SMILES string of the molecule is N#C/C(=C\Nc1cccc(Br)c1)c1nc(-c2ccc(Cl)c(Cl)c2)cs1. The molecule has 0 aliphatic carbocycles. The Hall–Kier alpha value is -1.84. The highest BCUT2D eigenvalue weighted by atomic mass is 79.9. The monoisotopic (exact) mass is 449 g/mol. The summed E-state index contributed by atoms with van der Waals surface area (Å²) in [5, 5.41) is 16.0. The number of halogens is 3. The number of aromatic nitrogens is 1. The Morgan fingerprint density at radius 1 is 1.20 bits per heavy atom. The summed E-state index contributed by atoms with van der Waals surface area (Å²) in [7, 11) is 0. The van der Waals surface area contributed by atoms with E-state index in [0.29, 0.717) is 20.6 Å². The van der Waals surface area contributed by atoms with Crippen molar-refractivity contribution in [2.24, 2.45) is 0 Å². The first-order valence-corrected chi connectivity index (χ1v) is 9.53. The van der Waals surface area contributed by atoms with E-state index in [4.69, 9.17) is 23.2 Å². The molecule has 0 aliphatic heterocycles. The van der Waals surface area contributed by atoms with E-state index < -0.39 is 0 Å². The van der Waals surface area contributed by atoms with Crippen molar-refractivity contribution < 1.29 is 0 Å². The van der Waals surface area contributed by atoms with Gasteiger partial charge in [-0.15, -0.1) is 11.3 Å². The Bertz CT molecular complexity index is 992. The summed E-state index contributed by atoms with van der Waals surface area (Å²) in [6.45, 7) is 0. The van der Waals surface area contributed by atoms with Crippen molar-refractivity contribution in [1.29, 1.82) is 5.26 Å². The van der Waals surface area contributed by atoms with Crippen molar-refractivity contribution in [2.75, 3.05) is 5.32 Å². The van der Waals surface area contributed by atoms with Gasteiger partial charge in [0.1, 0.15) is 16.6 Å². The molecule has 124 valence electrons. The fraction of sp³-hybridized carbons (Fsp3) is 0. The van der Waals surface area contributed by atoms with Crippen LogP contribution in [0.1, 0.15) is 5.01 Å². The molecule has 1 aromatic heterocycles. The molecule has 7 heteroatoms. The molecule has 0 atom stereocenters. The number of thiazole rings is 1. The quantitative estimate of drug-likeness (QED) is 0.441. The molecule has 0 spiro atoms. The predicted molar refractivity (Wildman–Crippen MR) is 109 cm³/mol. The summed E-state index contributed by atoms with van der Waals surface area (Å²) in [5.74, 6) is 0. The lowest BCUT2D eigenvalue weighted by Crippen LogP contribution is -1.91. The molecule has 0 saturated carbocycles. The van der Waals surface area contributed by atoms with Crippen molar-refractivity contribution in [3.8, 4) is 17.3 Å². The zero-order valence-electron chi connectivity index (χ0n) is 12.6. The highest BCUT2D eigenvalue weighted by molar-refractivity contribution is 9.10. The van der Waals surface area contributed by atoms with Gasteiger partial charge in [0.2, 0.25) is 0 Å². The van der Waals surface area contributed by atoms with Crippen LogP contribution in [-0.4, -0.2) is 4.98 Å². The van der Waals surface area contributed by atoms with E-state index in [1.165, 1.54) is 11.3 Å². The van der Waals surface area contributed by atoms with Crippen LogP contribution in [0.3, 0.4) is 0 Å². The second-order valence-corrected chi connectivity index (χ2v) is 7.58. The lowest BCUT2D eigenvalue weighted by Gasteiger charge is -2.02. The topological polar surface area (TPSA) is 48.7 Å². The van der Waals surface area contributed by atoms with E-state index in [2.05, 4.69) is 32.3 Å². The van der Waals surface area contributed by atoms with Crippen molar-refractivity contribution >= 4 is 61.7 Å². The van der Waals surface area contributed by atoms with Gasteiger partial charge in [-0.1, -0.05) is 51.3 Å². The van der Waals surface area contributed by atoms with Gasteiger partial charge in [-0.2, -0.15) is 5.26 Å². The van der Waals surface area contributed by atoms with Crippen molar-refractivity contribution in [1.82, 2.24) is 4.98 Å². The lowest BCUT2D eigenvalue weighted by atomic mass is 10.2. The molecule has 25 heavy (non-hydrogen) atoms. The highest BCUT2D eigenvalue weighted by Crippen LogP contribution is 2.30. The number of allylic oxidation sites excluding steroid dienone is 1. The first-order chi connectivity index (χ1) is 12.1. The Balaban J connectivity index is 1.85. The van der Waals surface area contributed by atoms with Crippen LogP contribution in [0.5, 0.6) is 0 Å². The molecule has 0 bridgehead atoms. The minimum Gasteiger partial charge on any atom is -0.360 e. The standard InChI is InChI=1S/C18H10BrCl2N3S/c19-13-2-1-3-14(7-13)23-9-12(8-22)18-24-17(10-25-18)11-4-5-15(20)16(21)6-11/h1-7,9-10,23H/b12-9+. The van der Waals surface area contributed by atoms with Gasteiger partial charge >= 0.3 is 0 Å². The smallest absolute Gasteiger partial charge is 0.136 e. The van der Waals surface area contributed by atoms with Crippen LogP contribution in [0, 0.1) is 11.3 Å². The molecule has 1 heterocycles. The molecule has 0 fully saturated rings. The zero-order valence-corrected chi connectivity index (χ0v) is 16.5. The summed E-state index contributed by atoms with van der Waals surface area (Å²) in [6.07, 6.45) is 1.65. The molecule has 0 amide bonds. The van der Waals surface area contributed by atoms with Gasteiger partial charge < -0.3 is 5.32 Å². The van der Waals surface area contributed by atoms with Gasteiger partial charge in [0.05, 0.1) is 15.7 Å².